The number of anilines is 1. The molecule has 158 valence electrons. The third-order valence-corrected chi connectivity index (χ3v) is 14.9. The molecule has 0 fully saturated rings. The maximum absolute atomic E-state index is 14.1. The molecule has 4 aromatic carbocycles. The van der Waals surface area contributed by atoms with Crippen LogP contribution in [0.15, 0.2) is 121 Å². The number of halogens is 3. The average Bonchev–Trinajstić information content (AvgIpc) is 2.83. The number of alkyl halides is 3. The van der Waals surface area contributed by atoms with Gasteiger partial charge in [0, 0.05) is 0 Å². The Balaban J connectivity index is 1.86. The summed E-state index contributed by atoms with van der Waals surface area (Å²) in [5, 5.41) is 2.79. The van der Waals surface area contributed by atoms with E-state index in [-0.39, 0.29) is 5.69 Å². The molecular weight excluding hydrogens is 481 g/mol. The van der Waals surface area contributed by atoms with E-state index in [1.807, 2.05) is 91.0 Å². The molecule has 0 heterocycles. The van der Waals surface area contributed by atoms with Crippen molar-refractivity contribution in [3.8, 4) is 0 Å². The van der Waals surface area contributed by atoms with Gasteiger partial charge >= 0.3 is 195 Å². The normalized spacial score (nSPS) is 11.6. The third-order valence-electron chi connectivity index (χ3n) is 5.33. The van der Waals surface area contributed by atoms with Crippen molar-refractivity contribution in [1.29, 1.82) is 0 Å². The molecule has 2 nitrogen and oxygen atoms in total. The molecule has 0 amide bonds. The second-order valence-electron chi connectivity index (χ2n) is 7.28. The Morgan fingerprint density at radius 3 is 1.25 bits per heavy atom. The maximum atomic E-state index is 14.1. The summed E-state index contributed by atoms with van der Waals surface area (Å²) >= 11 is -2.81. The van der Waals surface area contributed by atoms with E-state index in [9.17, 15) is 13.2 Å². The monoisotopic (exact) mass is 499 g/mol. The molecule has 0 unspecified atom stereocenters. The van der Waals surface area contributed by atoms with E-state index in [4.69, 9.17) is 3.25 Å². The summed E-state index contributed by atoms with van der Waals surface area (Å²) in [6, 6.07) is 36.9. The van der Waals surface area contributed by atoms with E-state index in [1.165, 1.54) is 12.1 Å². The summed E-state index contributed by atoms with van der Waals surface area (Å²) in [6.45, 7) is 0. The van der Waals surface area contributed by atoms with Crippen LogP contribution in [0, 0.1) is 0 Å². The Hall–Kier alpha value is -2.73. The van der Waals surface area contributed by atoms with Crippen LogP contribution in [0.3, 0.4) is 0 Å². The predicted octanol–water partition coefficient (Wildman–Crippen LogP) is 4.61. The van der Waals surface area contributed by atoms with Crippen molar-refractivity contribution in [3.63, 3.8) is 0 Å². The van der Waals surface area contributed by atoms with Gasteiger partial charge in [0.05, 0.1) is 0 Å². The van der Waals surface area contributed by atoms with Crippen molar-refractivity contribution in [2.45, 2.75) is 6.30 Å². The van der Waals surface area contributed by atoms with Gasteiger partial charge in [0.15, 0.2) is 0 Å². The van der Waals surface area contributed by atoms with Crippen LogP contribution in [0.25, 0.3) is 0 Å². The number of hydrogen-bond donors (Lipinski definition) is 0. The van der Waals surface area contributed by atoms with Gasteiger partial charge in [-0.3, -0.25) is 0 Å². The van der Waals surface area contributed by atoms with Crippen LogP contribution in [-0.2, 0) is 21.0 Å². The van der Waals surface area contributed by atoms with Gasteiger partial charge in [-0.25, -0.2) is 0 Å². The van der Waals surface area contributed by atoms with Crippen molar-refractivity contribution in [2.75, 3.05) is 3.64 Å². The SMILES string of the molecule is FC(F)(F)[N]([Zn][O][Si](c1ccccc1)(c1ccccc1)c1ccccc1)c1ccccc1. The summed E-state index contributed by atoms with van der Waals surface area (Å²) in [5.74, 6) is 0. The molecule has 0 aromatic heterocycles. The predicted molar refractivity (Wildman–Crippen MR) is 120 cm³/mol. The number of benzene rings is 4. The summed E-state index contributed by atoms with van der Waals surface area (Å²) in [5.41, 5.74) is 0.122. The van der Waals surface area contributed by atoms with Crippen LogP contribution in [0.2, 0.25) is 0 Å². The number of nitrogens with zero attached hydrogens (tertiary/aromatic N) is 1. The van der Waals surface area contributed by atoms with Gasteiger partial charge in [-0.05, 0) is 0 Å². The minimum atomic E-state index is -4.51. The van der Waals surface area contributed by atoms with Crippen LogP contribution >= 0.6 is 0 Å². The van der Waals surface area contributed by atoms with Gasteiger partial charge in [0.25, 0.3) is 0 Å². The Kier molecular flexibility index (Phi) is 6.89. The van der Waals surface area contributed by atoms with Crippen LogP contribution in [0.4, 0.5) is 18.9 Å². The van der Waals surface area contributed by atoms with Gasteiger partial charge in [0.2, 0.25) is 0 Å². The quantitative estimate of drug-likeness (QED) is 0.209. The van der Waals surface area contributed by atoms with Crippen molar-refractivity contribution in [3.05, 3.63) is 121 Å². The van der Waals surface area contributed by atoms with Crippen LogP contribution in [0.1, 0.15) is 0 Å². The Bertz CT molecular complexity index is 1020. The first kappa shape index (κ1) is 22.5. The Morgan fingerprint density at radius 2 is 0.906 bits per heavy atom. The van der Waals surface area contributed by atoms with Gasteiger partial charge in [-0.2, -0.15) is 0 Å². The van der Waals surface area contributed by atoms with E-state index in [0.717, 1.165) is 15.6 Å². The number of para-hydroxylation sites is 1. The summed E-state index contributed by atoms with van der Waals surface area (Å²) < 4.78 is 49.5. The molecule has 4 aromatic rings. The van der Waals surface area contributed by atoms with Crippen LogP contribution < -0.4 is 19.2 Å². The van der Waals surface area contributed by atoms with E-state index < -0.39 is 32.3 Å². The Morgan fingerprint density at radius 1 is 0.562 bits per heavy atom. The van der Waals surface area contributed by atoms with Crippen molar-refractivity contribution in [1.82, 2.24) is 0 Å². The van der Waals surface area contributed by atoms with Crippen molar-refractivity contribution >= 4 is 29.6 Å². The van der Waals surface area contributed by atoms with E-state index in [0.29, 0.717) is 3.64 Å². The molecule has 0 atom stereocenters. The fraction of sp³-hybridized carbons (Fsp3) is 0.0400. The molecule has 0 N–H and O–H groups in total. The molecule has 0 bridgehead atoms. The molecule has 0 spiro atoms. The molecule has 0 radical (unpaired) electrons. The van der Waals surface area contributed by atoms with E-state index in [2.05, 4.69) is 0 Å². The summed E-state index contributed by atoms with van der Waals surface area (Å²) in [6.07, 6.45) is -4.51. The number of rotatable bonds is 7. The van der Waals surface area contributed by atoms with E-state index >= 15 is 0 Å². The van der Waals surface area contributed by atoms with Gasteiger partial charge in [0.1, 0.15) is 0 Å². The number of hydrogen-bond acceptors (Lipinski definition) is 2. The Labute approximate surface area is 194 Å². The first-order valence-corrected chi connectivity index (χ1v) is 14.7. The average molecular weight is 501 g/mol. The van der Waals surface area contributed by atoms with E-state index in [1.54, 1.807) is 18.2 Å². The second kappa shape index (κ2) is 9.82. The molecular formula is C25H20F3NOSiZn. The molecule has 0 aliphatic rings. The van der Waals surface area contributed by atoms with Gasteiger partial charge in [-0.15, -0.1) is 0 Å². The first-order valence-electron chi connectivity index (χ1n) is 10.2. The zero-order valence-corrected chi connectivity index (χ0v) is 21.2. The second-order valence-corrected chi connectivity index (χ2v) is 14.4. The first-order chi connectivity index (χ1) is 15.5. The van der Waals surface area contributed by atoms with Gasteiger partial charge < -0.3 is 0 Å². The van der Waals surface area contributed by atoms with Crippen molar-refractivity contribution in [2.24, 2.45) is 0 Å². The standard InChI is InChI=1S/C18H15OSi.C7H5F3N.Zn/c19-20(16-10-4-1-5-11-16,17-12-6-2-7-13-17)18-14-8-3-9-15-18;8-7(9,10)11-6-4-2-1-3-5-6;/h1-15H;1-5H;/q2*-1;+2. The fourth-order valence-corrected chi connectivity index (χ4v) is 13.9. The summed E-state index contributed by atoms with van der Waals surface area (Å²) in [4.78, 5) is 0. The molecule has 32 heavy (non-hydrogen) atoms. The van der Waals surface area contributed by atoms with Crippen LogP contribution in [-0.4, -0.2) is 14.6 Å². The fourth-order valence-electron chi connectivity index (χ4n) is 3.83. The minimum absolute atomic E-state index is 0.122. The molecule has 4 rings (SSSR count). The topological polar surface area (TPSA) is 12.5 Å². The molecule has 0 aliphatic carbocycles. The zero-order valence-electron chi connectivity index (χ0n) is 17.2. The van der Waals surface area contributed by atoms with Gasteiger partial charge in [-0.1, -0.05) is 0 Å². The zero-order chi connectivity index (χ0) is 22.4. The molecule has 0 aliphatic heterocycles. The van der Waals surface area contributed by atoms with Crippen molar-refractivity contribution < 1.29 is 34.1 Å². The van der Waals surface area contributed by atoms with Crippen LogP contribution in [0.5, 0.6) is 0 Å². The molecule has 0 saturated carbocycles. The third kappa shape index (κ3) is 4.70. The summed E-state index contributed by atoms with van der Waals surface area (Å²) in [7, 11) is -3.16. The molecule has 7 heteroatoms. The molecule has 0 saturated heterocycles.